The second-order valence-corrected chi connectivity index (χ2v) is 5.37. The second kappa shape index (κ2) is 8.26. The number of nitrogens with two attached hydrogens (primary N) is 1. The molecule has 0 aromatic heterocycles. The first-order valence-electron chi connectivity index (χ1n) is 7.65. The normalized spacial score (nSPS) is 10.6. The molecule has 9 nitrogen and oxygen atoms in total. The van der Waals surface area contributed by atoms with E-state index in [4.69, 9.17) is 5.73 Å². The standard InChI is InChI=1S/C18H15N5O4/c1-12(24)22(16-6-2-14(20)3-7-16)18(25)13(10-19)11-21-15-4-8-17(9-5-15)23(26)27/h2-9,11,21H,20H2,1H3/b13-11-. The monoisotopic (exact) mass is 365 g/mol. The maximum atomic E-state index is 12.6. The maximum Gasteiger partial charge on any atom is 0.277 e. The summed E-state index contributed by atoms with van der Waals surface area (Å²) in [5.74, 6) is -1.38. The van der Waals surface area contributed by atoms with Gasteiger partial charge in [-0.3, -0.25) is 19.7 Å². The highest BCUT2D eigenvalue weighted by Crippen LogP contribution is 2.20. The van der Waals surface area contributed by atoms with Crippen LogP contribution in [0.15, 0.2) is 60.3 Å². The Kier molecular flexibility index (Phi) is 5.86. The smallest absolute Gasteiger partial charge is 0.277 e. The summed E-state index contributed by atoms with van der Waals surface area (Å²) in [5, 5.41) is 22.6. The molecule has 2 amide bonds. The molecule has 0 bridgehead atoms. The Morgan fingerprint density at radius 1 is 1.19 bits per heavy atom. The van der Waals surface area contributed by atoms with Crippen LogP contribution in [0.25, 0.3) is 0 Å². The molecule has 2 aromatic rings. The summed E-state index contributed by atoms with van der Waals surface area (Å²) >= 11 is 0. The number of amides is 2. The van der Waals surface area contributed by atoms with Crippen molar-refractivity contribution < 1.29 is 14.5 Å². The molecular formula is C18H15N5O4. The third-order valence-electron chi connectivity index (χ3n) is 3.48. The van der Waals surface area contributed by atoms with Crippen LogP contribution >= 0.6 is 0 Å². The quantitative estimate of drug-likeness (QED) is 0.272. The fraction of sp³-hybridized carbons (Fsp3) is 0.0556. The van der Waals surface area contributed by atoms with Crippen LogP contribution < -0.4 is 16.0 Å². The molecule has 3 N–H and O–H groups in total. The van der Waals surface area contributed by atoms with Gasteiger partial charge >= 0.3 is 0 Å². The third-order valence-corrected chi connectivity index (χ3v) is 3.48. The lowest BCUT2D eigenvalue weighted by atomic mass is 10.2. The van der Waals surface area contributed by atoms with Gasteiger partial charge in [-0.05, 0) is 36.4 Å². The number of nitriles is 1. The summed E-state index contributed by atoms with van der Waals surface area (Å²) in [5.41, 5.74) is 6.37. The predicted octanol–water partition coefficient (Wildman–Crippen LogP) is 2.58. The van der Waals surface area contributed by atoms with Gasteiger partial charge in [0.1, 0.15) is 11.6 Å². The van der Waals surface area contributed by atoms with E-state index in [1.165, 1.54) is 55.5 Å². The van der Waals surface area contributed by atoms with Crippen molar-refractivity contribution >= 4 is 34.6 Å². The minimum atomic E-state index is -0.816. The summed E-state index contributed by atoms with van der Waals surface area (Å²) in [6.45, 7) is 1.20. The van der Waals surface area contributed by atoms with E-state index in [-0.39, 0.29) is 16.9 Å². The molecule has 136 valence electrons. The lowest BCUT2D eigenvalue weighted by Crippen LogP contribution is -2.36. The first-order valence-corrected chi connectivity index (χ1v) is 7.65. The number of nitro groups is 1. The minimum absolute atomic E-state index is 0.0905. The fourth-order valence-electron chi connectivity index (χ4n) is 2.16. The van der Waals surface area contributed by atoms with Gasteiger partial charge in [-0.2, -0.15) is 5.26 Å². The Labute approximate surface area is 154 Å². The zero-order valence-corrected chi connectivity index (χ0v) is 14.2. The van der Waals surface area contributed by atoms with E-state index in [9.17, 15) is 25.0 Å². The van der Waals surface area contributed by atoms with Crippen molar-refractivity contribution in [1.29, 1.82) is 5.26 Å². The van der Waals surface area contributed by atoms with Crippen LogP contribution in [0.5, 0.6) is 0 Å². The van der Waals surface area contributed by atoms with Crippen LogP contribution in [0.2, 0.25) is 0 Å². The zero-order valence-electron chi connectivity index (χ0n) is 14.2. The number of hydrogen-bond donors (Lipinski definition) is 2. The SMILES string of the molecule is CC(=O)N(C(=O)/C(C#N)=C\Nc1ccc([N+](=O)[O-])cc1)c1ccc(N)cc1. The Hall–Kier alpha value is -4.19. The van der Waals surface area contributed by atoms with Crippen molar-refractivity contribution in [3.63, 3.8) is 0 Å². The summed E-state index contributed by atoms with van der Waals surface area (Å²) < 4.78 is 0. The molecule has 0 aliphatic carbocycles. The first-order chi connectivity index (χ1) is 12.8. The van der Waals surface area contributed by atoms with Crippen LogP contribution in [-0.4, -0.2) is 16.7 Å². The number of rotatable bonds is 5. The molecule has 0 radical (unpaired) electrons. The highest BCUT2D eigenvalue weighted by atomic mass is 16.6. The molecule has 0 saturated heterocycles. The van der Waals surface area contributed by atoms with Crippen LogP contribution in [0.1, 0.15) is 6.92 Å². The van der Waals surface area contributed by atoms with Gasteiger partial charge in [0.15, 0.2) is 0 Å². The summed E-state index contributed by atoms with van der Waals surface area (Å²) in [7, 11) is 0. The molecule has 2 aromatic carbocycles. The summed E-state index contributed by atoms with van der Waals surface area (Å²) in [6.07, 6.45) is 1.14. The Morgan fingerprint density at radius 3 is 2.26 bits per heavy atom. The highest BCUT2D eigenvalue weighted by molar-refractivity contribution is 6.21. The maximum absolute atomic E-state index is 12.6. The van der Waals surface area contributed by atoms with E-state index < -0.39 is 16.7 Å². The van der Waals surface area contributed by atoms with Gasteiger partial charge in [0, 0.05) is 36.6 Å². The Bertz CT molecular complexity index is 943. The molecule has 0 saturated carbocycles. The molecular weight excluding hydrogens is 350 g/mol. The number of benzene rings is 2. The average Bonchev–Trinajstić information content (AvgIpc) is 2.64. The highest BCUT2D eigenvalue weighted by Gasteiger charge is 2.23. The van der Waals surface area contributed by atoms with E-state index in [1.807, 2.05) is 0 Å². The van der Waals surface area contributed by atoms with E-state index in [2.05, 4.69) is 5.32 Å². The van der Waals surface area contributed by atoms with Gasteiger partial charge in [0.2, 0.25) is 5.91 Å². The van der Waals surface area contributed by atoms with Gasteiger partial charge in [-0.15, -0.1) is 0 Å². The number of non-ortho nitro benzene ring substituents is 1. The second-order valence-electron chi connectivity index (χ2n) is 5.37. The van der Waals surface area contributed by atoms with Crippen LogP contribution in [0.3, 0.4) is 0 Å². The van der Waals surface area contributed by atoms with Gasteiger partial charge in [-0.25, -0.2) is 4.90 Å². The molecule has 27 heavy (non-hydrogen) atoms. The van der Waals surface area contributed by atoms with Crippen LogP contribution in [0, 0.1) is 21.4 Å². The number of imide groups is 1. The number of nitrogens with zero attached hydrogens (tertiary/aromatic N) is 3. The molecule has 9 heteroatoms. The topological polar surface area (TPSA) is 142 Å². The predicted molar refractivity (Wildman–Crippen MR) is 99.4 cm³/mol. The van der Waals surface area contributed by atoms with Crippen molar-refractivity contribution in [1.82, 2.24) is 0 Å². The van der Waals surface area contributed by atoms with Gasteiger partial charge in [-0.1, -0.05) is 0 Å². The van der Waals surface area contributed by atoms with Crippen molar-refractivity contribution in [2.45, 2.75) is 6.92 Å². The van der Waals surface area contributed by atoms with E-state index in [0.29, 0.717) is 11.4 Å². The molecule has 0 atom stereocenters. The summed E-state index contributed by atoms with van der Waals surface area (Å²) in [6, 6.07) is 13.2. The van der Waals surface area contributed by atoms with Crippen molar-refractivity contribution in [2.24, 2.45) is 0 Å². The van der Waals surface area contributed by atoms with E-state index in [0.717, 1.165) is 11.1 Å². The first kappa shape index (κ1) is 19.1. The lowest BCUT2D eigenvalue weighted by Gasteiger charge is -2.19. The molecule has 2 rings (SSSR count). The third kappa shape index (κ3) is 4.67. The number of anilines is 3. The van der Waals surface area contributed by atoms with Crippen molar-refractivity contribution in [3.05, 3.63) is 70.4 Å². The number of carbonyl (C=O) groups excluding carboxylic acids is 2. The number of hydrogen-bond acceptors (Lipinski definition) is 7. The van der Waals surface area contributed by atoms with E-state index in [1.54, 1.807) is 6.07 Å². The number of carbonyl (C=O) groups is 2. The zero-order chi connectivity index (χ0) is 20.0. The Balaban J connectivity index is 2.25. The van der Waals surface area contributed by atoms with Crippen LogP contribution in [-0.2, 0) is 9.59 Å². The van der Waals surface area contributed by atoms with Gasteiger partial charge < -0.3 is 11.1 Å². The molecule has 0 unspecified atom stereocenters. The summed E-state index contributed by atoms with van der Waals surface area (Å²) in [4.78, 5) is 35.5. The fourth-order valence-corrected chi connectivity index (χ4v) is 2.16. The van der Waals surface area contributed by atoms with Gasteiger partial charge in [0.05, 0.1) is 10.6 Å². The lowest BCUT2D eigenvalue weighted by molar-refractivity contribution is -0.384. The largest absolute Gasteiger partial charge is 0.399 e. The van der Waals surface area contributed by atoms with E-state index >= 15 is 0 Å². The molecule has 0 fully saturated rings. The molecule has 0 aliphatic heterocycles. The minimum Gasteiger partial charge on any atom is -0.399 e. The number of nitrogens with one attached hydrogen (secondary N) is 1. The molecule has 0 heterocycles. The van der Waals surface area contributed by atoms with Crippen molar-refractivity contribution in [2.75, 3.05) is 16.0 Å². The van der Waals surface area contributed by atoms with Gasteiger partial charge in [0.25, 0.3) is 11.6 Å². The van der Waals surface area contributed by atoms with Crippen LogP contribution in [0.4, 0.5) is 22.7 Å². The molecule has 0 aliphatic rings. The van der Waals surface area contributed by atoms with Crippen molar-refractivity contribution in [3.8, 4) is 6.07 Å². The number of nitrogen functional groups attached to an aromatic ring is 1. The Morgan fingerprint density at radius 2 is 1.78 bits per heavy atom. The molecule has 0 spiro atoms. The number of nitro benzene ring substituents is 1. The average molecular weight is 365 g/mol.